The van der Waals surface area contributed by atoms with Crippen LogP contribution in [0.3, 0.4) is 0 Å². The second-order valence-electron chi connectivity index (χ2n) is 3.01. The Balaban J connectivity index is 3.21. The maximum Gasteiger partial charge on any atom is 0.328 e. The topological polar surface area (TPSA) is 129 Å². The van der Waals surface area contributed by atoms with Crippen molar-refractivity contribution < 1.29 is 19.8 Å². The van der Waals surface area contributed by atoms with Crippen LogP contribution in [0, 0.1) is 0 Å². The Morgan fingerprint density at radius 1 is 1.25 bits per heavy atom. The van der Waals surface area contributed by atoms with Crippen LogP contribution in [0.4, 0.5) is 0 Å². The van der Waals surface area contributed by atoms with Gasteiger partial charge >= 0.3 is 17.6 Å². The van der Waals surface area contributed by atoms with Crippen LogP contribution in [-0.2, 0) is 22.6 Å². The molecule has 0 aliphatic carbocycles. The first-order chi connectivity index (χ1) is 7.40. The molecule has 0 atom stereocenters. The number of rotatable bonds is 4. The van der Waals surface area contributed by atoms with Crippen molar-refractivity contribution in [2.24, 2.45) is 0 Å². The van der Waals surface area contributed by atoms with Crippen LogP contribution in [0.15, 0.2) is 15.8 Å². The number of hydrogen-bond acceptors (Lipinski definition) is 4. The van der Waals surface area contributed by atoms with E-state index in [1.807, 2.05) is 4.98 Å². The zero-order valence-electron chi connectivity index (χ0n) is 7.97. The predicted octanol–water partition coefficient (Wildman–Crippen LogP) is -1.75. The standard InChI is InChI=1S/C8H8N2O6/c11-5(12)1-4-2-10(3-6(13)14)8(16)9-7(4)15/h2H,1,3H2,(H,11,12)(H,13,14)(H,9,15,16). The Labute approximate surface area is 87.8 Å². The summed E-state index contributed by atoms with van der Waals surface area (Å²) < 4.78 is 0.724. The highest BCUT2D eigenvalue weighted by Gasteiger charge is 2.10. The van der Waals surface area contributed by atoms with Gasteiger partial charge in [-0.05, 0) is 0 Å². The number of H-pyrrole nitrogens is 1. The summed E-state index contributed by atoms with van der Waals surface area (Å²) >= 11 is 0. The van der Waals surface area contributed by atoms with E-state index in [0.717, 1.165) is 10.8 Å². The van der Waals surface area contributed by atoms with Crippen LogP contribution in [0.1, 0.15) is 5.56 Å². The third-order valence-corrected chi connectivity index (χ3v) is 1.73. The maximum absolute atomic E-state index is 11.1. The van der Waals surface area contributed by atoms with Gasteiger partial charge in [0.25, 0.3) is 5.56 Å². The van der Waals surface area contributed by atoms with Crippen molar-refractivity contribution in [3.8, 4) is 0 Å². The Hall–Kier alpha value is -2.38. The molecule has 0 spiro atoms. The number of carboxylic acids is 2. The molecule has 0 saturated heterocycles. The molecule has 1 heterocycles. The summed E-state index contributed by atoms with van der Waals surface area (Å²) in [5.41, 5.74) is -1.89. The number of nitrogens with zero attached hydrogens (tertiary/aromatic N) is 1. The Morgan fingerprint density at radius 2 is 1.88 bits per heavy atom. The normalized spacial score (nSPS) is 10.0. The Morgan fingerprint density at radius 3 is 2.38 bits per heavy atom. The Kier molecular flexibility index (Phi) is 3.24. The highest BCUT2D eigenvalue weighted by molar-refractivity contribution is 5.70. The lowest BCUT2D eigenvalue weighted by atomic mass is 10.2. The van der Waals surface area contributed by atoms with Crippen molar-refractivity contribution in [2.45, 2.75) is 13.0 Å². The van der Waals surface area contributed by atoms with Crippen molar-refractivity contribution in [1.29, 1.82) is 0 Å². The summed E-state index contributed by atoms with van der Waals surface area (Å²) in [5, 5.41) is 16.9. The first-order valence-electron chi connectivity index (χ1n) is 4.16. The van der Waals surface area contributed by atoms with E-state index in [-0.39, 0.29) is 5.56 Å². The minimum absolute atomic E-state index is 0.173. The lowest BCUT2D eigenvalue weighted by molar-refractivity contribution is -0.138. The molecule has 1 aromatic heterocycles. The monoisotopic (exact) mass is 228 g/mol. The quantitative estimate of drug-likeness (QED) is 0.560. The second kappa shape index (κ2) is 4.43. The molecule has 0 aliphatic rings. The molecule has 1 rings (SSSR count). The first kappa shape index (κ1) is 11.7. The van der Waals surface area contributed by atoms with Crippen LogP contribution < -0.4 is 11.2 Å². The molecule has 8 heteroatoms. The smallest absolute Gasteiger partial charge is 0.328 e. The maximum atomic E-state index is 11.1. The Bertz CT molecular complexity index is 495. The van der Waals surface area contributed by atoms with Crippen molar-refractivity contribution in [3.63, 3.8) is 0 Å². The van der Waals surface area contributed by atoms with E-state index < -0.39 is 36.2 Å². The second-order valence-corrected chi connectivity index (χ2v) is 3.01. The molecule has 0 radical (unpaired) electrons. The van der Waals surface area contributed by atoms with Crippen LogP contribution in [0.25, 0.3) is 0 Å². The third kappa shape index (κ3) is 2.80. The van der Waals surface area contributed by atoms with Gasteiger partial charge in [0.2, 0.25) is 0 Å². The number of aromatic amines is 1. The SMILES string of the molecule is O=C(O)Cc1cn(CC(=O)O)c(=O)[nH]c1=O. The molecule has 3 N–H and O–H groups in total. The molecule has 0 fully saturated rings. The van der Waals surface area contributed by atoms with Crippen molar-refractivity contribution >= 4 is 11.9 Å². The highest BCUT2D eigenvalue weighted by atomic mass is 16.4. The lowest BCUT2D eigenvalue weighted by Crippen LogP contribution is -2.34. The average Bonchev–Trinajstić information content (AvgIpc) is 2.11. The van der Waals surface area contributed by atoms with Gasteiger partial charge in [-0.1, -0.05) is 0 Å². The van der Waals surface area contributed by atoms with Crippen LogP contribution in [-0.4, -0.2) is 31.7 Å². The minimum Gasteiger partial charge on any atom is -0.481 e. The van der Waals surface area contributed by atoms with E-state index in [1.165, 1.54) is 0 Å². The fourth-order valence-electron chi connectivity index (χ4n) is 1.11. The van der Waals surface area contributed by atoms with Crippen molar-refractivity contribution in [2.75, 3.05) is 0 Å². The summed E-state index contributed by atoms with van der Waals surface area (Å²) in [4.78, 5) is 44.8. The molecule has 16 heavy (non-hydrogen) atoms. The van der Waals surface area contributed by atoms with Gasteiger partial charge in [-0.2, -0.15) is 0 Å². The number of aliphatic carboxylic acids is 2. The number of aromatic nitrogens is 2. The van der Waals surface area contributed by atoms with Crippen molar-refractivity contribution in [3.05, 3.63) is 32.6 Å². The van der Waals surface area contributed by atoms with E-state index >= 15 is 0 Å². The average molecular weight is 228 g/mol. The van der Waals surface area contributed by atoms with Crippen LogP contribution >= 0.6 is 0 Å². The van der Waals surface area contributed by atoms with E-state index in [0.29, 0.717) is 0 Å². The van der Waals surface area contributed by atoms with Gasteiger partial charge in [-0.25, -0.2) is 4.79 Å². The molecule has 0 saturated carbocycles. The summed E-state index contributed by atoms with van der Waals surface area (Å²) in [6.07, 6.45) is 0.360. The van der Waals surface area contributed by atoms with Gasteiger partial charge in [0.05, 0.1) is 6.42 Å². The number of carboxylic acid groups (broad SMARTS) is 2. The van der Waals surface area contributed by atoms with E-state index in [1.54, 1.807) is 0 Å². The lowest BCUT2D eigenvalue weighted by Gasteiger charge is -2.02. The van der Waals surface area contributed by atoms with E-state index in [9.17, 15) is 19.2 Å². The molecule has 1 aromatic rings. The predicted molar refractivity (Wildman–Crippen MR) is 50.3 cm³/mol. The zero-order valence-corrected chi connectivity index (χ0v) is 7.97. The van der Waals surface area contributed by atoms with Gasteiger partial charge < -0.3 is 10.2 Å². The van der Waals surface area contributed by atoms with Gasteiger partial charge in [0.1, 0.15) is 6.54 Å². The fourth-order valence-corrected chi connectivity index (χ4v) is 1.11. The van der Waals surface area contributed by atoms with Gasteiger partial charge in [-0.15, -0.1) is 0 Å². The number of nitrogens with one attached hydrogen (secondary N) is 1. The molecule has 0 bridgehead atoms. The molecule has 0 aliphatic heterocycles. The van der Waals surface area contributed by atoms with Gasteiger partial charge in [0.15, 0.2) is 0 Å². The summed E-state index contributed by atoms with van der Waals surface area (Å²) in [5.74, 6) is -2.51. The van der Waals surface area contributed by atoms with Crippen molar-refractivity contribution in [1.82, 2.24) is 9.55 Å². The molecular formula is C8H8N2O6. The number of carbonyl (C=O) groups is 2. The molecule has 0 amide bonds. The minimum atomic E-state index is -1.27. The first-order valence-corrected chi connectivity index (χ1v) is 4.16. The van der Waals surface area contributed by atoms with E-state index in [4.69, 9.17) is 10.2 Å². The van der Waals surface area contributed by atoms with E-state index in [2.05, 4.69) is 0 Å². The summed E-state index contributed by atoms with van der Waals surface area (Å²) in [7, 11) is 0. The molecule has 86 valence electrons. The zero-order chi connectivity index (χ0) is 12.3. The largest absolute Gasteiger partial charge is 0.481 e. The molecule has 8 nitrogen and oxygen atoms in total. The molecular weight excluding hydrogens is 220 g/mol. The molecule has 0 aromatic carbocycles. The fraction of sp³-hybridized carbons (Fsp3) is 0.250. The van der Waals surface area contributed by atoms with Crippen LogP contribution in [0.2, 0.25) is 0 Å². The third-order valence-electron chi connectivity index (χ3n) is 1.73. The van der Waals surface area contributed by atoms with Crippen LogP contribution in [0.5, 0.6) is 0 Å². The molecule has 0 unspecified atom stereocenters. The summed E-state index contributed by atoms with van der Waals surface area (Å²) in [6, 6.07) is 0. The van der Waals surface area contributed by atoms with Gasteiger partial charge in [-0.3, -0.25) is 23.9 Å². The van der Waals surface area contributed by atoms with Gasteiger partial charge in [0, 0.05) is 11.8 Å². The highest BCUT2D eigenvalue weighted by Crippen LogP contribution is 1.90. The summed E-state index contributed by atoms with van der Waals surface area (Å²) in [6.45, 7) is -0.637. The number of hydrogen-bond donors (Lipinski definition) is 3.